The third-order valence-electron chi connectivity index (χ3n) is 6.42. The van der Waals surface area contributed by atoms with Crippen LogP contribution in [0.15, 0.2) is 77.7 Å². The van der Waals surface area contributed by atoms with Crippen LogP contribution in [-0.2, 0) is 26.2 Å². The first-order valence-electron chi connectivity index (χ1n) is 13.3. The monoisotopic (exact) mass is 597 g/mol. The SMILES string of the molecule is COc1cccc(CN(C(=O)CN(c2ccc(OC)c(OC)c2)S(=O)(=O)c2ccccc2)[C@H](C)C(=O)NC(C)(C)C)c1. The number of methoxy groups -OCH3 is 3. The van der Waals surface area contributed by atoms with Crippen molar-refractivity contribution in [2.24, 2.45) is 0 Å². The van der Waals surface area contributed by atoms with E-state index in [1.807, 2.05) is 26.8 Å². The van der Waals surface area contributed by atoms with Crippen molar-refractivity contribution in [2.45, 2.75) is 50.7 Å². The van der Waals surface area contributed by atoms with Crippen molar-refractivity contribution in [3.8, 4) is 17.2 Å². The molecule has 0 spiro atoms. The van der Waals surface area contributed by atoms with Crippen molar-refractivity contribution < 1.29 is 32.2 Å². The molecule has 11 heteroatoms. The molecule has 3 aromatic rings. The number of nitrogens with one attached hydrogen (secondary N) is 1. The van der Waals surface area contributed by atoms with Crippen LogP contribution in [0.4, 0.5) is 5.69 Å². The maximum Gasteiger partial charge on any atom is 0.264 e. The van der Waals surface area contributed by atoms with Crippen LogP contribution in [0.1, 0.15) is 33.3 Å². The minimum atomic E-state index is -4.22. The largest absolute Gasteiger partial charge is 0.497 e. The molecule has 42 heavy (non-hydrogen) atoms. The van der Waals surface area contributed by atoms with Crippen LogP contribution < -0.4 is 23.8 Å². The van der Waals surface area contributed by atoms with E-state index in [9.17, 15) is 18.0 Å². The van der Waals surface area contributed by atoms with E-state index < -0.39 is 34.1 Å². The summed E-state index contributed by atoms with van der Waals surface area (Å²) in [5, 5.41) is 2.91. The van der Waals surface area contributed by atoms with Gasteiger partial charge in [-0.2, -0.15) is 0 Å². The maximum atomic E-state index is 14.1. The normalized spacial score (nSPS) is 12.2. The van der Waals surface area contributed by atoms with Gasteiger partial charge in [-0.25, -0.2) is 8.42 Å². The summed E-state index contributed by atoms with van der Waals surface area (Å²) in [6.45, 7) is 6.61. The minimum absolute atomic E-state index is 0.00505. The number of hydrogen-bond acceptors (Lipinski definition) is 7. The molecule has 0 heterocycles. The maximum absolute atomic E-state index is 14.1. The van der Waals surface area contributed by atoms with E-state index >= 15 is 0 Å². The van der Waals surface area contributed by atoms with Crippen LogP contribution >= 0.6 is 0 Å². The average Bonchev–Trinajstić information content (AvgIpc) is 2.97. The van der Waals surface area contributed by atoms with Crippen molar-refractivity contribution in [3.05, 3.63) is 78.4 Å². The molecule has 0 fully saturated rings. The van der Waals surface area contributed by atoms with Gasteiger partial charge < -0.3 is 24.4 Å². The van der Waals surface area contributed by atoms with Gasteiger partial charge >= 0.3 is 0 Å². The summed E-state index contributed by atoms with van der Waals surface area (Å²) in [7, 11) is 0.233. The Morgan fingerprint density at radius 2 is 1.52 bits per heavy atom. The Morgan fingerprint density at radius 3 is 2.12 bits per heavy atom. The second kappa shape index (κ2) is 13.6. The van der Waals surface area contributed by atoms with Gasteiger partial charge in [0, 0.05) is 18.2 Å². The number of nitrogens with zero attached hydrogens (tertiary/aromatic N) is 2. The zero-order chi connectivity index (χ0) is 31.1. The number of sulfonamides is 1. The van der Waals surface area contributed by atoms with E-state index in [1.165, 1.54) is 50.5 Å². The molecule has 0 saturated heterocycles. The van der Waals surface area contributed by atoms with Crippen LogP contribution in [0.3, 0.4) is 0 Å². The molecule has 0 aromatic heterocycles. The van der Waals surface area contributed by atoms with Gasteiger partial charge in [-0.1, -0.05) is 30.3 Å². The smallest absolute Gasteiger partial charge is 0.264 e. The quantitative estimate of drug-likeness (QED) is 0.332. The van der Waals surface area contributed by atoms with E-state index in [-0.39, 0.29) is 23.0 Å². The fourth-order valence-electron chi connectivity index (χ4n) is 4.25. The Labute approximate surface area is 248 Å². The zero-order valence-electron chi connectivity index (χ0n) is 25.1. The fourth-order valence-corrected chi connectivity index (χ4v) is 5.68. The summed E-state index contributed by atoms with van der Waals surface area (Å²) in [6, 6.07) is 18.7. The second-order valence-electron chi connectivity index (χ2n) is 10.7. The van der Waals surface area contributed by atoms with Crippen molar-refractivity contribution in [2.75, 3.05) is 32.2 Å². The lowest BCUT2D eigenvalue weighted by Crippen LogP contribution is -2.54. The summed E-state index contributed by atoms with van der Waals surface area (Å²) >= 11 is 0. The van der Waals surface area contributed by atoms with E-state index in [0.29, 0.717) is 22.8 Å². The van der Waals surface area contributed by atoms with Gasteiger partial charge in [0.25, 0.3) is 10.0 Å². The summed E-state index contributed by atoms with van der Waals surface area (Å²) in [6.07, 6.45) is 0. The lowest BCUT2D eigenvalue weighted by Gasteiger charge is -2.33. The number of anilines is 1. The molecule has 0 aliphatic heterocycles. The van der Waals surface area contributed by atoms with E-state index in [2.05, 4.69) is 5.32 Å². The Kier molecular flexibility index (Phi) is 10.5. The van der Waals surface area contributed by atoms with Crippen molar-refractivity contribution in [3.63, 3.8) is 0 Å². The van der Waals surface area contributed by atoms with Gasteiger partial charge in [0.2, 0.25) is 11.8 Å². The molecule has 0 unspecified atom stereocenters. The molecule has 1 N–H and O–H groups in total. The minimum Gasteiger partial charge on any atom is -0.497 e. The first kappa shape index (κ1) is 32.3. The van der Waals surface area contributed by atoms with Gasteiger partial charge in [-0.3, -0.25) is 13.9 Å². The number of carbonyl (C=O) groups excluding carboxylic acids is 2. The van der Waals surface area contributed by atoms with Crippen molar-refractivity contribution in [1.29, 1.82) is 0 Å². The Balaban J connectivity index is 2.09. The average molecular weight is 598 g/mol. The fraction of sp³-hybridized carbons (Fsp3) is 0.355. The Hall–Kier alpha value is -4.25. The highest BCUT2D eigenvalue weighted by molar-refractivity contribution is 7.92. The number of hydrogen-bond donors (Lipinski definition) is 1. The molecular formula is C31H39N3O7S. The topological polar surface area (TPSA) is 114 Å². The van der Waals surface area contributed by atoms with Crippen molar-refractivity contribution in [1.82, 2.24) is 10.2 Å². The summed E-state index contributed by atoms with van der Waals surface area (Å²) < 4.78 is 45.0. The lowest BCUT2D eigenvalue weighted by molar-refractivity contribution is -0.140. The number of rotatable bonds is 12. The Morgan fingerprint density at radius 1 is 0.857 bits per heavy atom. The molecule has 0 bridgehead atoms. The molecule has 2 amide bonds. The van der Waals surface area contributed by atoms with Gasteiger partial charge in [0.1, 0.15) is 18.3 Å². The van der Waals surface area contributed by atoms with Crippen LogP contribution in [0.5, 0.6) is 17.2 Å². The predicted molar refractivity (Wildman–Crippen MR) is 161 cm³/mol. The lowest BCUT2D eigenvalue weighted by atomic mass is 10.1. The van der Waals surface area contributed by atoms with Crippen LogP contribution in [-0.4, -0.2) is 64.6 Å². The first-order valence-corrected chi connectivity index (χ1v) is 14.8. The first-order chi connectivity index (χ1) is 19.8. The number of benzene rings is 3. The molecule has 3 rings (SSSR count). The van der Waals surface area contributed by atoms with E-state index in [1.54, 1.807) is 49.4 Å². The summed E-state index contributed by atoms with van der Waals surface area (Å²) in [4.78, 5) is 28.7. The van der Waals surface area contributed by atoms with Crippen LogP contribution in [0.2, 0.25) is 0 Å². The predicted octanol–water partition coefficient (Wildman–Crippen LogP) is 4.24. The highest BCUT2D eigenvalue weighted by atomic mass is 32.2. The molecule has 3 aromatic carbocycles. The molecule has 0 aliphatic rings. The Bertz CT molecular complexity index is 1490. The highest BCUT2D eigenvalue weighted by Crippen LogP contribution is 2.34. The van der Waals surface area contributed by atoms with Gasteiger partial charge in [0.15, 0.2) is 11.5 Å². The van der Waals surface area contributed by atoms with E-state index in [4.69, 9.17) is 14.2 Å². The van der Waals surface area contributed by atoms with Gasteiger partial charge in [0.05, 0.1) is 31.9 Å². The summed E-state index contributed by atoms with van der Waals surface area (Å²) in [5.41, 5.74) is 0.359. The molecule has 0 radical (unpaired) electrons. The number of ether oxygens (including phenoxy) is 3. The number of carbonyl (C=O) groups is 2. The molecule has 10 nitrogen and oxygen atoms in total. The van der Waals surface area contributed by atoms with Crippen LogP contribution in [0.25, 0.3) is 0 Å². The molecule has 226 valence electrons. The van der Waals surface area contributed by atoms with Gasteiger partial charge in [-0.15, -0.1) is 0 Å². The zero-order valence-corrected chi connectivity index (χ0v) is 25.9. The van der Waals surface area contributed by atoms with Gasteiger partial charge in [-0.05, 0) is 69.7 Å². The van der Waals surface area contributed by atoms with E-state index in [0.717, 1.165) is 4.31 Å². The number of amides is 2. The van der Waals surface area contributed by atoms with Crippen molar-refractivity contribution >= 4 is 27.5 Å². The molecular weight excluding hydrogens is 558 g/mol. The summed E-state index contributed by atoms with van der Waals surface area (Å²) in [5.74, 6) is 0.329. The third-order valence-corrected chi connectivity index (χ3v) is 8.21. The molecule has 1 atom stereocenters. The molecule has 0 saturated carbocycles. The molecule has 0 aliphatic carbocycles. The second-order valence-corrected chi connectivity index (χ2v) is 12.5. The van der Waals surface area contributed by atoms with Crippen LogP contribution in [0, 0.1) is 0 Å². The standard InChI is InChI=1S/C31H39N3O7S/c1-22(30(36)32-31(2,3)4)33(20-23-12-11-13-25(18-23)39-5)29(35)21-34(42(37,38)26-14-9-8-10-15-26)24-16-17-27(40-6)28(19-24)41-7/h8-19,22H,20-21H2,1-7H3,(H,32,36)/t22-/m1/s1. The third kappa shape index (κ3) is 7.94. The highest BCUT2D eigenvalue weighted by Gasteiger charge is 2.33.